The summed E-state index contributed by atoms with van der Waals surface area (Å²) in [6, 6.07) is 18.7. The maximum absolute atomic E-state index is 13.9. The first-order valence-electron chi connectivity index (χ1n) is 6.28. The molecule has 0 saturated carbocycles. The predicted octanol–water partition coefficient (Wildman–Crippen LogP) is 5.67. The molecule has 0 aliphatic rings. The minimum Gasteiger partial charge on any atom is -0.454 e. The van der Waals surface area contributed by atoms with Crippen molar-refractivity contribution in [3.05, 3.63) is 72.0 Å². The Balaban J connectivity index is 2.01. The lowest BCUT2D eigenvalue weighted by molar-refractivity contribution is 0.439. The second-order valence-corrected chi connectivity index (χ2v) is 5.03. The molecule has 3 heteroatoms. The number of hydrogen-bond acceptors (Lipinski definition) is 1. The van der Waals surface area contributed by atoms with Gasteiger partial charge in [-0.3, -0.25) is 0 Å². The Hall–Kier alpha value is -1.87. The zero-order valence-corrected chi connectivity index (χ0v) is 12.2. The fraction of sp³-hybridized carbons (Fsp3) is 0.0588. The zero-order valence-electron chi connectivity index (χ0n) is 10.6. The second kappa shape index (κ2) is 5.63. The molecule has 0 amide bonds. The summed E-state index contributed by atoms with van der Waals surface area (Å²) >= 11 is 3.35. The van der Waals surface area contributed by atoms with E-state index in [2.05, 4.69) is 15.9 Å². The first-order chi connectivity index (χ1) is 9.78. The number of para-hydroxylation sites is 1. The molecule has 0 N–H and O–H groups in total. The molecule has 0 saturated heterocycles. The lowest BCUT2D eigenvalue weighted by Crippen LogP contribution is -1.93. The molecule has 0 spiro atoms. The Labute approximate surface area is 125 Å². The predicted molar refractivity (Wildman–Crippen MR) is 83.1 cm³/mol. The van der Waals surface area contributed by atoms with Crippen molar-refractivity contribution in [1.29, 1.82) is 0 Å². The molecule has 100 valence electrons. The van der Waals surface area contributed by atoms with Crippen LogP contribution in [0.1, 0.15) is 5.56 Å². The van der Waals surface area contributed by atoms with Crippen molar-refractivity contribution in [2.75, 3.05) is 0 Å². The zero-order chi connectivity index (χ0) is 13.9. The third-order valence-electron chi connectivity index (χ3n) is 3.13. The fourth-order valence-corrected chi connectivity index (χ4v) is 2.56. The van der Waals surface area contributed by atoms with Crippen LogP contribution in [-0.2, 0) is 5.33 Å². The van der Waals surface area contributed by atoms with Crippen LogP contribution in [0.3, 0.4) is 0 Å². The first kappa shape index (κ1) is 13.1. The van der Waals surface area contributed by atoms with Gasteiger partial charge in [0.15, 0.2) is 11.6 Å². The summed E-state index contributed by atoms with van der Waals surface area (Å²) in [6.45, 7) is 0. The van der Waals surface area contributed by atoms with Crippen LogP contribution in [0.25, 0.3) is 10.8 Å². The van der Waals surface area contributed by atoms with E-state index in [0.717, 1.165) is 16.3 Å². The standard InChI is InChI=1S/C17H12BrFO/c18-11-14-6-3-7-16(19)17(14)20-15-9-8-12-4-1-2-5-13(12)10-15/h1-10H,11H2. The molecule has 3 aromatic rings. The third kappa shape index (κ3) is 2.54. The van der Waals surface area contributed by atoms with Crippen molar-refractivity contribution >= 4 is 26.7 Å². The number of alkyl halides is 1. The van der Waals surface area contributed by atoms with Gasteiger partial charge in [-0.05, 0) is 29.0 Å². The van der Waals surface area contributed by atoms with E-state index in [0.29, 0.717) is 11.1 Å². The van der Waals surface area contributed by atoms with E-state index in [1.54, 1.807) is 6.07 Å². The highest BCUT2D eigenvalue weighted by Gasteiger charge is 2.10. The summed E-state index contributed by atoms with van der Waals surface area (Å²) in [7, 11) is 0. The summed E-state index contributed by atoms with van der Waals surface area (Å²) in [5, 5.41) is 2.75. The van der Waals surface area contributed by atoms with Crippen LogP contribution in [0.2, 0.25) is 0 Å². The molecular formula is C17H12BrFO. The molecule has 1 nitrogen and oxygen atoms in total. The van der Waals surface area contributed by atoms with E-state index in [1.807, 2.05) is 48.5 Å². The summed E-state index contributed by atoms with van der Waals surface area (Å²) in [4.78, 5) is 0. The molecule has 0 atom stereocenters. The molecule has 0 aliphatic heterocycles. The average molecular weight is 331 g/mol. The average Bonchev–Trinajstić information content (AvgIpc) is 2.49. The third-order valence-corrected chi connectivity index (χ3v) is 3.74. The van der Waals surface area contributed by atoms with Crippen LogP contribution >= 0.6 is 15.9 Å². The number of hydrogen-bond donors (Lipinski definition) is 0. The van der Waals surface area contributed by atoms with Gasteiger partial charge in [0, 0.05) is 10.9 Å². The van der Waals surface area contributed by atoms with Crippen molar-refractivity contribution in [3.63, 3.8) is 0 Å². The van der Waals surface area contributed by atoms with Crippen molar-refractivity contribution in [1.82, 2.24) is 0 Å². The summed E-state index contributed by atoms with van der Waals surface area (Å²) in [5.41, 5.74) is 0.790. The number of halogens is 2. The molecule has 3 rings (SSSR count). The van der Waals surface area contributed by atoms with Crippen LogP contribution in [0, 0.1) is 5.82 Å². The normalized spacial score (nSPS) is 10.7. The van der Waals surface area contributed by atoms with Gasteiger partial charge in [-0.25, -0.2) is 4.39 Å². The van der Waals surface area contributed by atoms with Gasteiger partial charge in [0.05, 0.1) is 0 Å². The summed E-state index contributed by atoms with van der Waals surface area (Å²) in [6.07, 6.45) is 0. The van der Waals surface area contributed by atoms with Gasteiger partial charge in [0.25, 0.3) is 0 Å². The van der Waals surface area contributed by atoms with Gasteiger partial charge in [-0.2, -0.15) is 0 Å². The minimum atomic E-state index is -0.352. The molecule has 20 heavy (non-hydrogen) atoms. The van der Waals surface area contributed by atoms with Gasteiger partial charge >= 0.3 is 0 Å². The smallest absolute Gasteiger partial charge is 0.167 e. The largest absolute Gasteiger partial charge is 0.454 e. The van der Waals surface area contributed by atoms with E-state index in [1.165, 1.54) is 6.07 Å². The van der Waals surface area contributed by atoms with Gasteiger partial charge in [-0.1, -0.05) is 58.4 Å². The van der Waals surface area contributed by atoms with E-state index >= 15 is 0 Å². The molecule has 0 heterocycles. The highest BCUT2D eigenvalue weighted by molar-refractivity contribution is 9.08. The molecule has 0 unspecified atom stereocenters. The van der Waals surface area contributed by atoms with Gasteiger partial charge in [0.1, 0.15) is 5.75 Å². The maximum Gasteiger partial charge on any atom is 0.167 e. The maximum atomic E-state index is 13.9. The highest BCUT2D eigenvalue weighted by atomic mass is 79.9. The van der Waals surface area contributed by atoms with Crippen LogP contribution in [-0.4, -0.2) is 0 Å². The van der Waals surface area contributed by atoms with Crippen LogP contribution in [0.5, 0.6) is 11.5 Å². The first-order valence-corrected chi connectivity index (χ1v) is 7.40. The lowest BCUT2D eigenvalue weighted by atomic mass is 10.1. The molecule has 0 bridgehead atoms. The van der Waals surface area contributed by atoms with Crippen molar-refractivity contribution in [2.24, 2.45) is 0 Å². The molecule has 0 fully saturated rings. The quantitative estimate of drug-likeness (QED) is 0.562. The van der Waals surface area contributed by atoms with E-state index < -0.39 is 0 Å². The lowest BCUT2D eigenvalue weighted by Gasteiger charge is -2.11. The Morgan fingerprint density at radius 2 is 1.70 bits per heavy atom. The number of rotatable bonds is 3. The Bertz CT molecular complexity index is 755. The van der Waals surface area contributed by atoms with Crippen LogP contribution in [0.15, 0.2) is 60.7 Å². The molecule has 0 radical (unpaired) electrons. The summed E-state index contributed by atoms with van der Waals surface area (Å²) in [5.74, 6) is 0.561. The highest BCUT2D eigenvalue weighted by Crippen LogP contribution is 2.31. The number of fused-ring (bicyclic) bond motifs is 1. The van der Waals surface area contributed by atoms with Gasteiger partial charge < -0.3 is 4.74 Å². The van der Waals surface area contributed by atoms with Gasteiger partial charge in [-0.15, -0.1) is 0 Å². The minimum absolute atomic E-state index is 0.277. The Morgan fingerprint density at radius 1 is 0.900 bits per heavy atom. The molecule has 0 aliphatic carbocycles. The SMILES string of the molecule is Fc1cccc(CBr)c1Oc1ccc2ccccc2c1. The van der Waals surface area contributed by atoms with E-state index in [9.17, 15) is 4.39 Å². The number of ether oxygens (including phenoxy) is 1. The topological polar surface area (TPSA) is 9.23 Å². The van der Waals surface area contributed by atoms with Crippen molar-refractivity contribution in [2.45, 2.75) is 5.33 Å². The van der Waals surface area contributed by atoms with Crippen LogP contribution in [0.4, 0.5) is 4.39 Å². The van der Waals surface area contributed by atoms with Crippen molar-refractivity contribution < 1.29 is 9.13 Å². The molecular weight excluding hydrogens is 319 g/mol. The summed E-state index contributed by atoms with van der Waals surface area (Å²) < 4.78 is 19.6. The fourth-order valence-electron chi connectivity index (χ4n) is 2.12. The van der Waals surface area contributed by atoms with E-state index in [4.69, 9.17) is 4.74 Å². The molecule has 3 aromatic carbocycles. The molecule has 0 aromatic heterocycles. The second-order valence-electron chi connectivity index (χ2n) is 4.47. The Kier molecular flexibility index (Phi) is 3.70. The Morgan fingerprint density at radius 3 is 2.50 bits per heavy atom. The van der Waals surface area contributed by atoms with E-state index in [-0.39, 0.29) is 11.6 Å². The van der Waals surface area contributed by atoms with Crippen LogP contribution < -0.4 is 4.74 Å². The van der Waals surface area contributed by atoms with Crippen molar-refractivity contribution in [3.8, 4) is 11.5 Å². The number of benzene rings is 3. The van der Waals surface area contributed by atoms with Gasteiger partial charge in [0.2, 0.25) is 0 Å². The monoisotopic (exact) mass is 330 g/mol.